The normalized spacial score (nSPS) is 10.9. The summed E-state index contributed by atoms with van der Waals surface area (Å²) >= 11 is 0. The molecule has 0 N–H and O–H groups in total. The SMILES string of the molecule is CCCCCCC(=O)N(CCC(C)C)Cc1nc(C(=O)OC)co1. The second-order valence-corrected chi connectivity index (χ2v) is 6.43. The lowest BCUT2D eigenvalue weighted by atomic mass is 10.1. The van der Waals surface area contributed by atoms with Crippen molar-refractivity contribution in [2.24, 2.45) is 5.92 Å². The third-order valence-corrected chi connectivity index (χ3v) is 3.85. The zero-order valence-corrected chi connectivity index (χ0v) is 15.3. The van der Waals surface area contributed by atoms with Gasteiger partial charge in [-0.3, -0.25) is 4.79 Å². The van der Waals surface area contributed by atoms with E-state index >= 15 is 0 Å². The van der Waals surface area contributed by atoms with E-state index in [4.69, 9.17) is 4.42 Å². The van der Waals surface area contributed by atoms with Crippen molar-refractivity contribution in [1.82, 2.24) is 9.88 Å². The number of carbonyl (C=O) groups excluding carboxylic acids is 2. The van der Waals surface area contributed by atoms with Gasteiger partial charge in [0.25, 0.3) is 0 Å². The minimum absolute atomic E-state index is 0.115. The van der Waals surface area contributed by atoms with Crippen LogP contribution in [0.5, 0.6) is 0 Å². The Morgan fingerprint density at radius 3 is 2.67 bits per heavy atom. The number of hydrogen-bond donors (Lipinski definition) is 0. The molecule has 1 aromatic rings. The molecule has 0 aliphatic rings. The fourth-order valence-electron chi connectivity index (χ4n) is 2.31. The lowest BCUT2D eigenvalue weighted by molar-refractivity contribution is -0.132. The average Bonchev–Trinajstić information content (AvgIpc) is 3.03. The van der Waals surface area contributed by atoms with Crippen LogP contribution >= 0.6 is 0 Å². The summed E-state index contributed by atoms with van der Waals surface area (Å²) in [7, 11) is 1.30. The number of ether oxygens (including phenoxy) is 1. The highest BCUT2D eigenvalue weighted by Gasteiger charge is 2.19. The Labute approximate surface area is 144 Å². The molecule has 0 aromatic carbocycles. The summed E-state index contributed by atoms with van der Waals surface area (Å²) in [4.78, 5) is 29.8. The Balaban J connectivity index is 2.65. The van der Waals surface area contributed by atoms with E-state index in [1.54, 1.807) is 4.90 Å². The first-order chi connectivity index (χ1) is 11.5. The van der Waals surface area contributed by atoms with Crippen molar-refractivity contribution < 1.29 is 18.7 Å². The number of oxazole rings is 1. The van der Waals surface area contributed by atoms with Crippen molar-refractivity contribution in [3.63, 3.8) is 0 Å². The van der Waals surface area contributed by atoms with E-state index in [0.717, 1.165) is 32.1 Å². The van der Waals surface area contributed by atoms with Crippen LogP contribution < -0.4 is 0 Å². The average molecular weight is 338 g/mol. The maximum absolute atomic E-state index is 12.5. The first-order valence-electron chi connectivity index (χ1n) is 8.78. The summed E-state index contributed by atoms with van der Waals surface area (Å²) in [5.74, 6) is 0.450. The molecule has 0 spiro atoms. The molecule has 0 bridgehead atoms. The smallest absolute Gasteiger partial charge is 0.360 e. The summed E-state index contributed by atoms with van der Waals surface area (Å²) in [5.41, 5.74) is 0.131. The number of amides is 1. The molecule has 0 aliphatic carbocycles. The minimum atomic E-state index is -0.537. The highest BCUT2D eigenvalue weighted by molar-refractivity contribution is 5.86. The van der Waals surface area contributed by atoms with Crippen molar-refractivity contribution in [3.8, 4) is 0 Å². The molecular formula is C18H30N2O4. The van der Waals surface area contributed by atoms with Crippen LogP contribution in [0.25, 0.3) is 0 Å². The number of carbonyl (C=O) groups is 2. The second kappa shape index (κ2) is 10.8. The summed E-state index contributed by atoms with van der Waals surface area (Å²) in [6.45, 7) is 7.36. The number of esters is 1. The van der Waals surface area contributed by atoms with Crippen molar-refractivity contribution in [2.75, 3.05) is 13.7 Å². The molecule has 0 fully saturated rings. The monoisotopic (exact) mass is 338 g/mol. The van der Waals surface area contributed by atoms with Crippen LogP contribution in [-0.4, -0.2) is 35.4 Å². The van der Waals surface area contributed by atoms with Crippen molar-refractivity contribution in [3.05, 3.63) is 17.8 Å². The first kappa shape index (κ1) is 20.2. The molecule has 1 rings (SSSR count). The lowest BCUT2D eigenvalue weighted by Gasteiger charge is -2.22. The van der Waals surface area contributed by atoms with Gasteiger partial charge in [-0.15, -0.1) is 0 Å². The van der Waals surface area contributed by atoms with E-state index in [1.165, 1.54) is 13.4 Å². The van der Waals surface area contributed by atoms with Gasteiger partial charge in [0.1, 0.15) is 6.26 Å². The number of methoxy groups -OCH3 is 1. The van der Waals surface area contributed by atoms with Crippen LogP contribution in [0.4, 0.5) is 0 Å². The number of aromatic nitrogens is 1. The standard InChI is InChI=1S/C18H30N2O4/c1-5-6-7-8-9-17(21)20(11-10-14(2)3)12-16-19-15(13-24-16)18(22)23-4/h13-14H,5-12H2,1-4H3. The Kier molecular flexibility index (Phi) is 9.12. The van der Waals surface area contributed by atoms with Crippen LogP contribution in [0.3, 0.4) is 0 Å². The number of rotatable bonds is 11. The molecule has 1 amide bonds. The molecular weight excluding hydrogens is 308 g/mol. The van der Waals surface area contributed by atoms with Crippen molar-refractivity contribution in [2.45, 2.75) is 65.8 Å². The van der Waals surface area contributed by atoms with Crippen LogP contribution in [0.1, 0.15) is 75.7 Å². The van der Waals surface area contributed by atoms with Gasteiger partial charge in [-0.1, -0.05) is 40.0 Å². The molecule has 1 heterocycles. The molecule has 6 nitrogen and oxygen atoms in total. The molecule has 0 saturated heterocycles. The second-order valence-electron chi connectivity index (χ2n) is 6.43. The molecule has 0 saturated carbocycles. The van der Waals surface area contributed by atoms with E-state index < -0.39 is 5.97 Å². The minimum Gasteiger partial charge on any atom is -0.464 e. The fraction of sp³-hybridized carbons (Fsp3) is 0.722. The highest BCUT2D eigenvalue weighted by Crippen LogP contribution is 2.13. The Hall–Kier alpha value is -1.85. The molecule has 6 heteroatoms. The summed E-state index contributed by atoms with van der Waals surface area (Å²) < 4.78 is 9.93. The van der Waals surface area contributed by atoms with Gasteiger partial charge < -0.3 is 14.1 Å². The zero-order valence-electron chi connectivity index (χ0n) is 15.3. The molecule has 1 aromatic heterocycles. The molecule has 0 atom stereocenters. The van der Waals surface area contributed by atoms with Gasteiger partial charge in [0.05, 0.1) is 13.7 Å². The number of unbranched alkanes of at least 4 members (excludes halogenated alkanes) is 3. The van der Waals surface area contributed by atoms with Crippen LogP contribution in [-0.2, 0) is 16.1 Å². The van der Waals surface area contributed by atoms with Gasteiger partial charge >= 0.3 is 5.97 Å². The number of hydrogen-bond acceptors (Lipinski definition) is 5. The van der Waals surface area contributed by atoms with Gasteiger partial charge in [-0.05, 0) is 18.8 Å². The van der Waals surface area contributed by atoms with Gasteiger partial charge in [-0.2, -0.15) is 0 Å². The molecule has 0 aliphatic heterocycles. The number of nitrogens with zero attached hydrogens (tertiary/aromatic N) is 2. The lowest BCUT2D eigenvalue weighted by Crippen LogP contribution is -2.32. The third-order valence-electron chi connectivity index (χ3n) is 3.85. The van der Waals surface area contributed by atoms with E-state index in [1.807, 2.05) is 0 Å². The summed E-state index contributed by atoms with van der Waals surface area (Å²) in [5, 5.41) is 0. The Bertz CT molecular complexity index is 511. The molecule has 24 heavy (non-hydrogen) atoms. The molecule has 136 valence electrons. The van der Waals surface area contributed by atoms with Crippen LogP contribution in [0, 0.1) is 5.92 Å². The quantitative estimate of drug-likeness (QED) is 0.453. The predicted octanol–water partition coefficient (Wildman–Crippen LogP) is 3.81. The van der Waals surface area contributed by atoms with E-state index in [2.05, 4.69) is 30.5 Å². The maximum Gasteiger partial charge on any atom is 0.360 e. The van der Waals surface area contributed by atoms with Crippen LogP contribution in [0.2, 0.25) is 0 Å². The largest absolute Gasteiger partial charge is 0.464 e. The van der Waals surface area contributed by atoms with E-state index in [-0.39, 0.29) is 18.1 Å². The van der Waals surface area contributed by atoms with Gasteiger partial charge in [0.15, 0.2) is 5.69 Å². The van der Waals surface area contributed by atoms with Crippen LogP contribution in [0.15, 0.2) is 10.7 Å². The van der Waals surface area contributed by atoms with E-state index in [0.29, 0.717) is 24.8 Å². The first-order valence-corrected chi connectivity index (χ1v) is 8.78. The Morgan fingerprint density at radius 1 is 1.29 bits per heavy atom. The summed E-state index contributed by atoms with van der Waals surface area (Å²) in [6, 6.07) is 0. The fourth-order valence-corrected chi connectivity index (χ4v) is 2.31. The molecule has 0 radical (unpaired) electrons. The van der Waals surface area contributed by atoms with Crippen molar-refractivity contribution >= 4 is 11.9 Å². The summed E-state index contributed by atoms with van der Waals surface area (Å²) in [6.07, 6.45) is 7.02. The van der Waals surface area contributed by atoms with Gasteiger partial charge in [0.2, 0.25) is 11.8 Å². The van der Waals surface area contributed by atoms with E-state index in [9.17, 15) is 9.59 Å². The van der Waals surface area contributed by atoms with Crippen molar-refractivity contribution in [1.29, 1.82) is 0 Å². The van der Waals surface area contributed by atoms with Gasteiger partial charge in [0, 0.05) is 13.0 Å². The predicted molar refractivity (Wildman–Crippen MR) is 91.5 cm³/mol. The maximum atomic E-state index is 12.5. The third kappa shape index (κ3) is 7.15. The Morgan fingerprint density at radius 2 is 2.04 bits per heavy atom. The zero-order chi connectivity index (χ0) is 17.9. The van der Waals surface area contributed by atoms with Gasteiger partial charge in [-0.25, -0.2) is 9.78 Å². The topological polar surface area (TPSA) is 72.6 Å². The molecule has 0 unspecified atom stereocenters. The highest BCUT2D eigenvalue weighted by atomic mass is 16.5.